The third-order valence-electron chi connectivity index (χ3n) is 10.6. The van der Waals surface area contributed by atoms with E-state index in [0.717, 1.165) is 42.9 Å². The number of ether oxygens (including phenoxy) is 1. The van der Waals surface area contributed by atoms with Crippen LogP contribution in [0.2, 0.25) is 0 Å². The predicted octanol–water partition coefficient (Wildman–Crippen LogP) is 6.93. The fourth-order valence-corrected chi connectivity index (χ4v) is 9.07. The normalized spacial score (nSPS) is 44.3. The van der Waals surface area contributed by atoms with Crippen molar-refractivity contribution in [3.8, 4) is 0 Å². The molecule has 0 spiro atoms. The Kier molecular flexibility index (Phi) is 6.90. The zero-order valence-corrected chi connectivity index (χ0v) is 21.5. The number of carbonyl (C=O) groups excluding carboxylic acids is 1. The monoisotopic (exact) mass is 444 g/mol. The maximum atomic E-state index is 11.5. The lowest BCUT2D eigenvalue weighted by Crippen LogP contribution is -2.54. The molecule has 4 aliphatic carbocycles. The van der Waals surface area contributed by atoms with Gasteiger partial charge in [0.1, 0.15) is 6.10 Å². The summed E-state index contributed by atoms with van der Waals surface area (Å²) < 4.78 is 5.52. The molecule has 0 aliphatic heterocycles. The number of esters is 1. The number of hydrogen-bond donors (Lipinski definition) is 1. The molecule has 9 atom stereocenters. The topological polar surface area (TPSA) is 46.5 Å². The lowest BCUT2D eigenvalue weighted by Gasteiger charge is -2.60. The Balaban J connectivity index is 1.51. The van der Waals surface area contributed by atoms with Gasteiger partial charge < -0.3 is 9.84 Å². The Labute approximate surface area is 196 Å². The van der Waals surface area contributed by atoms with Crippen molar-refractivity contribution in [3.05, 3.63) is 11.6 Å². The van der Waals surface area contributed by atoms with Crippen LogP contribution in [-0.4, -0.2) is 23.3 Å². The van der Waals surface area contributed by atoms with Gasteiger partial charge in [-0.1, -0.05) is 53.9 Å². The van der Waals surface area contributed by atoms with E-state index in [4.69, 9.17) is 4.74 Å². The molecule has 182 valence electrons. The van der Waals surface area contributed by atoms with Crippen LogP contribution in [0.1, 0.15) is 106 Å². The molecule has 0 amide bonds. The first-order valence-electron chi connectivity index (χ1n) is 13.6. The van der Waals surface area contributed by atoms with Crippen LogP contribution in [-0.2, 0) is 9.53 Å². The first-order chi connectivity index (χ1) is 15.1. The van der Waals surface area contributed by atoms with Crippen molar-refractivity contribution in [1.29, 1.82) is 0 Å². The molecule has 0 heterocycles. The summed E-state index contributed by atoms with van der Waals surface area (Å²) in [6, 6.07) is 0. The van der Waals surface area contributed by atoms with Crippen LogP contribution in [0.15, 0.2) is 11.6 Å². The maximum Gasteiger partial charge on any atom is 0.303 e. The molecular weight excluding hydrogens is 396 g/mol. The Hall–Kier alpha value is -0.830. The van der Waals surface area contributed by atoms with Gasteiger partial charge in [0.25, 0.3) is 0 Å². The summed E-state index contributed by atoms with van der Waals surface area (Å²) >= 11 is 0. The fourth-order valence-electron chi connectivity index (χ4n) is 9.07. The molecule has 0 unspecified atom stereocenters. The van der Waals surface area contributed by atoms with Crippen molar-refractivity contribution < 1.29 is 14.6 Å². The first kappa shape index (κ1) is 24.3. The van der Waals surface area contributed by atoms with Gasteiger partial charge >= 0.3 is 5.97 Å². The average Bonchev–Trinajstić information content (AvgIpc) is 3.06. The molecule has 0 aromatic heterocycles. The highest BCUT2D eigenvalue weighted by Crippen LogP contribution is 2.67. The Bertz CT molecular complexity index is 726. The molecule has 4 aliphatic rings. The van der Waals surface area contributed by atoms with Crippen molar-refractivity contribution in [2.75, 3.05) is 0 Å². The third-order valence-corrected chi connectivity index (χ3v) is 10.6. The zero-order chi connectivity index (χ0) is 23.3. The molecule has 3 fully saturated rings. The Morgan fingerprint density at radius 1 is 1.09 bits per heavy atom. The molecule has 0 saturated heterocycles. The zero-order valence-electron chi connectivity index (χ0n) is 21.5. The number of rotatable bonds is 6. The van der Waals surface area contributed by atoms with Crippen molar-refractivity contribution in [3.63, 3.8) is 0 Å². The van der Waals surface area contributed by atoms with Gasteiger partial charge in [-0.05, 0) is 103 Å². The van der Waals surface area contributed by atoms with Crippen LogP contribution in [0.4, 0.5) is 0 Å². The second-order valence-corrected chi connectivity index (χ2v) is 12.9. The summed E-state index contributed by atoms with van der Waals surface area (Å²) in [5.41, 5.74) is 1.70. The molecule has 3 saturated carbocycles. The number of carbonyl (C=O) groups is 1. The van der Waals surface area contributed by atoms with Gasteiger partial charge in [-0.2, -0.15) is 0 Å². The summed E-state index contributed by atoms with van der Waals surface area (Å²) in [6.45, 7) is 13.7. The van der Waals surface area contributed by atoms with E-state index in [0.29, 0.717) is 17.3 Å². The van der Waals surface area contributed by atoms with Crippen molar-refractivity contribution in [2.24, 2.45) is 46.3 Å². The molecule has 0 aromatic rings. The summed E-state index contributed by atoms with van der Waals surface area (Å²) in [5.74, 6) is 4.34. The van der Waals surface area contributed by atoms with Crippen LogP contribution < -0.4 is 0 Å². The van der Waals surface area contributed by atoms with E-state index >= 15 is 0 Å². The molecule has 0 radical (unpaired) electrons. The van der Waals surface area contributed by atoms with Gasteiger partial charge in [0.05, 0.1) is 6.10 Å². The maximum absolute atomic E-state index is 11.5. The Morgan fingerprint density at radius 3 is 2.53 bits per heavy atom. The second-order valence-electron chi connectivity index (χ2n) is 12.9. The lowest BCUT2D eigenvalue weighted by molar-refractivity contribution is -0.146. The second kappa shape index (κ2) is 9.08. The van der Waals surface area contributed by atoms with Crippen molar-refractivity contribution >= 4 is 5.97 Å². The minimum atomic E-state index is -0.371. The molecular formula is C29H48O3. The van der Waals surface area contributed by atoms with E-state index in [9.17, 15) is 9.90 Å². The lowest BCUT2D eigenvalue weighted by atomic mass is 9.46. The van der Waals surface area contributed by atoms with Crippen LogP contribution in [0.3, 0.4) is 0 Å². The smallest absolute Gasteiger partial charge is 0.303 e. The summed E-state index contributed by atoms with van der Waals surface area (Å²) in [6.07, 6.45) is 13.9. The molecule has 1 N–H and O–H groups in total. The summed E-state index contributed by atoms with van der Waals surface area (Å²) in [5, 5.41) is 11.3. The number of fused-ring (bicyclic) bond motifs is 5. The van der Waals surface area contributed by atoms with E-state index in [2.05, 4.69) is 40.7 Å². The highest BCUT2D eigenvalue weighted by molar-refractivity contribution is 5.66. The predicted molar refractivity (Wildman–Crippen MR) is 130 cm³/mol. The highest BCUT2D eigenvalue weighted by Gasteiger charge is 2.60. The third kappa shape index (κ3) is 4.21. The molecule has 32 heavy (non-hydrogen) atoms. The first-order valence-corrected chi connectivity index (χ1v) is 13.6. The van der Waals surface area contributed by atoms with Crippen LogP contribution in [0.25, 0.3) is 0 Å². The molecule has 3 heteroatoms. The Morgan fingerprint density at radius 2 is 1.84 bits per heavy atom. The highest BCUT2D eigenvalue weighted by atomic mass is 16.5. The largest absolute Gasteiger partial charge is 0.458 e. The molecule has 0 aromatic carbocycles. The standard InChI is InChI=1S/C29H48O3/c1-18(2)8-7-9-19(3)23-10-11-24-22-17-27(31)26-16-21(32-20(4)30)12-14-29(26,6)25(22)13-15-28(23,24)5/h16,18-19,21-25,27,31H,7-15,17H2,1-6H3/t19-,21+,22+,23-,24+,25+,27+,28-,29-/m1/s1. The van der Waals surface area contributed by atoms with Crippen LogP contribution >= 0.6 is 0 Å². The minimum Gasteiger partial charge on any atom is -0.458 e. The van der Waals surface area contributed by atoms with Crippen molar-refractivity contribution in [2.45, 2.75) is 118 Å². The number of hydrogen-bond acceptors (Lipinski definition) is 3. The quantitative estimate of drug-likeness (QED) is 0.357. The SMILES string of the molecule is CC(=O)O[C@@H]1C=C2[C@@H](O)C[C@H]3[C@@H]4CC[C@H]([C@H](C)CCCC(C)C)[C@@]4(C)CC[C@@H]3[C@@]2(C)CC1. The van der Waals surface area contributed by atoms with E-state index in [1.807, 2.05) is 0 Å². The van der Waals surface area contributed by atoms with E-state index in [1.165, 1.54) is 57.4 Å². The van der Waals surface area contributed by atoms with E-state index in [-0.39, 0.29) is 23.6 Å². The van der Waals surface area contributed by atoms with Crippen molar-refractivity contribution in [1.82, 2.24) is 0 Å². The number of aliphatic hydroxyl groups is 1. The van der Waals surface area contributed by atoms with Gasteiger partial charge in [0.2, 0.25) is 0 Å². The van der Waals surface area contributed by atoms with E-state index in [1.54, 1.807) is 0 Å². The van der Waals surface area contributed by atoms with Gasteiger partial charge in [0.15, 0.2) is 0 Å². The summed E-state index contributed by atoms with van der Waals surface area (Å²) in [4.78, 5) is 11.5. The van der Waals surface area contributed by atoms with Crippen LogP contribution in [0, 0.1) is 46.3 Å². The van der Waals surface area contributed by atoms with Gasteiger partial charge in [-0.3, -0.25) is 4.79 Å². The number of aliphatic hydroxyl groups excluding tert-OH is 1. The van der Waals surface area contributed by atoms with Gasteiger partial charge in [-0.15, -0.1) is 0 Å². The fraction of sp³-hybridized carbons (Fsp3) is 0.897. The minimum absolute atomic E-state index is 0.0707. The molecule has 4 rings (SSSR count). The molecule has 0 bridgehead atoms. The average molecular weight is 445 g/mol. The van der Waals surface area contributed by atoms with Gasteiger partial charge in [-0.25, -0.2) is 0 Å². The van der Waals surface area contributed by atoms with E-state index < -0.39 is 0 Å². The van der Waals surface area contributed by atoms with Crippen LogP contribution in [0.5, 0.6) is 0 Å². The summed E-state index contributed by atoms with van der Waals surface area (Å²) in [7, 11) is 0. The van der Waals surface area contributed by atoms with Gasteiger partial charge in [0, 0.05) is 6.92 Å². The molecule has 3 nitrogen and oxygen atoms in total.